The van der Waals surface area contributed by atoms with Gasteiger partial charge in [-0.05, 0) is 42.5 Å². The van der Waals surface area contributed by atoms with E-state index >= 15 is 0 Å². The lowest BCUT2D eigenvalue weighted by atomic mass is 10.1. The van der Waals surface area contributed by atoms with Gasteiger partial charge in [0.15, 0.2) is 0 Å². The van der Waals surface area contributed by atoms with Crippen molar-refractivity contribution in [1.29, 1.82) is 0 Å². The number of aromatic amines is 1. The van der Waals surface area contributed by atoms with Crippen molar-refractivity contribution >= 4 is 16.8 Å². The number of halogens is 3. The maximum Gasteiger partial charge on any atom is 0.471 e. The van der Waals surface area contributed by atoms with Gasteiger partial charge in [0.2, 0.25) is 0 Å². The van der Waals surface area contributed by atoms with Crippen molar-refractivity contribution in [1.82, 2.24) is 9.88 Å². The fourth-order valence-corrected chi connectivity index (χ4v) is 3.03. The first kappa shape index (κ1) is 19.7. The monoisotopic (exact) mass is 388 g/mol. The highest BCUT2D eigenvalue weighted by atomic mass is 19.4. The van der Waals surface area contributed by atoms with Gasteiger partial charge in [-0.2, -0.15) is 13.2 Å². The number of carbonyl (C=O) groups is 1. The maximum absolute atomic E-state index is 13.1. The van der Waals surface area contributed by atoms with Gasteiger partial charge in [0.25, 0.3) is 5.56 Å². The summed E-state index contributed by atoms with van der Waals surface area (Å²) in [4.78, 5) is 27.6. The number of pyridine rings is 1. The number of hydrogen-bond acceptors (Lipinski definition) is 2. The Kier molecular flexibility index (Phi) is 5.53. The van der Waals surface area contributed by atoms with Crippen molar-refractivity contribution in [2.24, 2.45) is 0 Å². The third kappa shape index (κ3) is 4.60. The molecular formula is C21H19F3N2O2. The molecule has 0 fully saturated rings. The van der Waals surface area contributed by atoms with Gasteiger partial charge >= 0.3 is 12.1 Å². The number of fused-ring (bicyclic) bond motifs is 1. The predicted molar refractivity (Wildman–Crippen MR) is 101 cm³/mol. The Morgan fingerprint density at radius 2 is 1.79 bits per heavy atom. The fourth-order valence-electron chi connectivity index (χ4n) is 3.03. The molecule has 3 rings (SSSR count). The standard InChI is InChI=1S/C21H19F3N2O2/c1-14-7-8-18-16(11-14)12-17(19(27)25-18)13-26(20(28)21(22,23)24)10-9-15-5-3-2-4-6-15/h2-8,11-12H,9-10,13H2,1H3,(H,25,27). The minimum atomic E-state index is -5.00. The maximum atomic E-state index is 13.1. The minimum absolute atomic E-state index is 0.115. The summed E-state index contributed by atoms with van der Waals surface area (Å²) >= 11 is 0. The molecule has 1 heterocycles. The fraction of sp³-hybridized carbons (Fsp3) is 0.238. The second-order valence-corrected chi connectivity index (χ2v) is 6.67. The Labute approximate surface area is 159 Å². The van der Waals surface area contributed by atoms with Crippen molar-refractivity contribution in [3.8, 4) is 0 Å². The van der Waals surface area contributed by atoms with Gasteiger partial charge in [0.1, 0.15) is 0 Å². The summed E-state index contributed by atoms with van der Waals surface area (Å²) in [5, 5.41) is 0.706. The van der Waals surface area contributed by atoms with E-state index in [0.29, 0.717) is 15.8 Å². The number of alkyl halides is 3. The molecule has 0 aliphatic heterocycles. The van der Waals surface area contributed by atoms with Crippen LogP contribution in [0.1, 0.15) is 16.7 Å². The molecular weight excluding hydrogens is 369 g/mol. The second-order valence-electron chi connectivity index (χ2n) is 6.67. The average Bonchev–Trinajstić information content (AvgIpc) is 2.65. The van der Waals surface area contributed by atoms with E-state index in [2.05, 4.69) is 4.98 Å². The van der Waals surface area contributed by atoms with E-state index in [9.17, 15) is 22.8 Å². The number of nitrogens with zero attached hydrogens (tertiary/aromatic N) is 1. The van der Waals surface area contributed by atoms with Crippen LogP contribution in [0.15, 0.2) is 59.4 Å². The van der Waals surface area contributed by atoms with E-state index in [1.54, 1.807) is 42.5 Å². The first-order chi connectivity index (χ1) is 13.2. The van der Waals surface area contributed by atoms with Gasteiger partial charge in [-0.15, -0.1) is 0 Å². The Morgan fingerprint density at radius 3 is 2.46 bits per heavy atom. The van der Waals surface area contributed by atoms with Crippen LogP contribution in [0, 0.1) is 6.92 Å². The van der Waals surface area contributed by atoms with E-state index in [0.717, 1.165) is 11.1 Å². The summed E-state index contributed by atoms with van der Waals surface area (Å²) in [5.41, 5.74) is 1.97. The summed E-state index contributed by atoms with van der Waals surface area (Å²) in [5.74, 6) is -1.95. The molecule has 28 heavy (non-hydrogen) atoms. The molecule has 0 aliphatic carbocycles. The Balaban J connectivity index is 1.90. The Hall–Kier alpha value is -3.09. The lowest BCUT2D eigenvalue weighted by molar-refractivity contribution is -0.186. The molecule has 0 spiro atoms. The van der Waals surface area contributed by atoms with Crippen molar-refractivity contribution in [3.63, 3.8) is 0 Å². The highest BCUT2D eigenvalue weighted by Crippen LogP contribution is 2.21. The molecule has 0 atom stereocenters. The highest BCUT2D eigenvalue weighted by molar-refractivity contribution is 5.82. The first-order valence-electron chi connectivity index (χ1n) is 8.76. The summed E-state index contributed by atoms with van der Waals surface area (Å²) in [6.07, 6.45) is -4.75. The molecule has 0 unspecified atom stereocenters. The predicted octanol–water partition coefficient (Wildman–Crippen LogP) is 3.97. The summed E-state index contributed by atoms with van der Waals surface area (Å²) in [6, 6.07) is 15.9. The van der Waals surface area contributed by atoms with Crippen LogP contribution in [0.4, 0.5) is 13.2 Å². The van der Waals surface area contributed by atoms with Gasteiger partial charge < -0.3 is 9.88 Å². The van der Waals surface area contributed by atoms with Crippen LogP contribution in [0.25, 0.3) is 10.9 Å². The first-order valence-corrected chi connectivity index (χ1v) is 8.76. The van der Waals surface area contributed by atoms with Crippen LogP contribution in [0.3, 0.4) is 0 Å². The average molecular weight is 388 g/mol. The van der Waals surface area contributed by atoms with Crippen LogP contribution in [0.2, 0.25) is 0 Å². The van der Waals surface area contributed by atoms with Gasteiger partial charge in [-0.3, -0.25) is 9.59 Å². The number of H-pyrrole nitrogens is 1. The number of aromatic nitrogens is 1. The lowest BCUT2D eigenvalue weighted by Gasteiger charge is -2.23. The minimum Gasteiger partial charge on any atom is -0.330 e. The van der Waals surface area contributed by atoms with Crippen LogP contribution in [-0.4, -0.2) is 28.5 Å². The molecule has 3 aromatic rings. The lowest BCUT2D eigenvalue weighted by Crippen LogP contribution is -2.42. The molecule has 1 N–H and O–H groups in total. The zero-order valence-corrected chi connectivity index (χ0v) is 15.2. The SMILES string of the molecule is Cc1ccc2[nH]c(=O)c(CN(CCc3ccccc3)C(=O)C(F)(F)F)cc2c1. The molecule has 0 saturated heterocycles. The molecule has 0 radical (unpaired) electrons. The molecule has 2 aromatic carbocycles. The molecule has 146 valence electrons. The quantitative estimate of drug-likeness (QED) is 0.719. The third-order valence-corrected chi connectivity index (χ3v) is 4.48. The third-order valence-electron chi connectivity index (χ3n) is 4.48. The van der Waals surface area contributed by atoms with Gasteiger partial charge in [0, 0.05) is 17.6 Å². The molecule has 4 nitrogen and oxygen atoms in total. The molecule has 0 aliphatic rings. The summed E-state index contributed by atoms with van der Waals surface area (Å²) in [7, 11) is 0. The summed E-state index contributed by atoms with van der Waals surface area (Å²) < 4.78 is 39.2. The smallest absolute Gasteiger partial charge is 0.330 e. The van der Waals surface area contributed by atoms with E-state index in [4.69, 9.17) is 0 Å². The molecule has 0 bridgehead atoms. The number of aryl methyl sites for hydroxylation is 1. The van der Waals surface area contributed by atoms with Crippen molar-refractivity contribution in [3.05, 3.63) is 81.6 Å². The zero-order chi connectivity index (χ0) is 20.3. The number of benzene rings is 2. The zero-order valence-electron chi connectivity index (χ0n) is 15.2. The van der Waals surface area contributed by atoms with Crippen LogP contribution in [-0.2, 0) is 17.8 Å². The topological polar surface area (TPSA) is 53.2 Å². The van der Waals surface area contributed by atoms with Crippen LogP contribution in [0.5, 0.6) is 0 Å². The number of rotatable bonds is 5. The van der Waals surface area contributed by atoms with E-state index in [1.165, 1.54) is 0 Å². The normalized spacial score (nSPS) is 11.6. The number of carbonyl (C=O) groups excluding carboxylic acids is 1. The number of hydrogen-bond donors (Lipinski definition) is 1. The van der Waals surface area contributed by atoms with Gasteiger partial charge in [-0.1, -0.05) is 42.0 Å². The van der Waals surface area contributed by atoms with Crippen LogP contribution < -0.4 is 5.56 Å². The molecule has 7 heteroatoms. The van der Waals surface area contributed by atoms with Crippen molar-refractivity contribution in [2.75, 3.05) is 6.54 Å². The van der Waals surface area contributed by atoms with Crippen molar-refractivity contribution < 1.29 is 18.0 Å². The van der Waals surface area contributed by atoms with E-state index in [-0.39, 0.29) is 18.5 Å². The molecule has 0 saturated carbocycles. The van der Waals surface area contributed by atoms with Crippen molar-refractivity contribution in [2.45, 2.75) is 26.1 Å². The largest absolute Gasteiger partial charge is 0.471 e. The Bertz CT molecular complexity index is 1040. The van der Waals surface area contributed by atoms with Gasteiger partial charge in [-0.25, -0.2) is 0 Å². The molecule has 1 aromatic heterocycles. The van der Waals surface area contributed by atoms with Gasteiger partial charge in [0.05, 0.1) is 6.54 Å². The molecule has 1 amide bonds. The summed E-state index contributed by atoms with van der Waals surface area (Å²) in [6.45, 7) is 1.32. The number of nitrogens with one attached hydrogen (secondary N) is 1. The second kappa shape index (κ2) is 7.88. The van der Waals surface area contributed by atoms with E-state index in [1.807, 2.05) is 19.1 Å². The highest BCUT2D eigenvalue weighted by Gasteiger charge is 2.42. The van der Waals surface area contributed by atoms with E-state index < -0.39 is 24.2 Å². The Morgan fingerprint density at radius 1 is 1.07 bits per heavy atom. The van der Waals surface area contributed by atoms with Crippen LogP contribution >= 0.6 is 0 Å². The number of amides is 1.